The molecule has 4 rings (SSSR count). The fourth-order valence-corrected chi connectivity index (χ4v) is 4.64. The number of rotatable bonds is 4. The maximum Gasteiger partial charge on any atom is 0.241 e. The van der Waals surface area contributed by atoms with Gasteiger partial charge in [-0.3, -0.25) is 9.69 Å². The Kier molecular flexibility index (Phi) is 4.70. The predicted molar refractivity (Wildman–Crippen MR) is 103 cm³/mol. The lowest BCUT2D eigenvalue weighted by Gasteiger charge is -2.28. The van der Waals surface area contributed by atoms with Crippen molar-refractivity contribution in [1.82, 2.24) is 9.88 Å². The van der Waals surface area contributed by atoms with E-state index in [1.54, 1.807) is 23.5 Å². The molecular formula is C20H20FN3OS. The van der Waals surface area contributed by atoms with Crippen LogP contribution in [0.15, 0.2) is 48.5 Å². The summed E-state index contributed by atoms with van der Waals surface area (Å²) in [5, 5.41) is 3.88. The van der Waals surface area contributed by atoms with Gasteiger partial charge in [-0.1, -0.05) is 18.2 Å². The van der Waals surface area contributed by atoms with E-state index in [1.165, 1.54) is 16.8 Å². The predicted octanol–water partition coefficient (Wildman–Crippen LogP) is 4.60. The highest BCUT2D eigenvalue weighted by Crippen LogP contribution is 2.37. The smallest absolute Gasteiger partial charge is 0.241 e. The minimum Gasteiger partial charge on any atom is -0.325 e. The molecule has 2 unspecified atom stereocenters. The van der Waals surface area contributed by atoms with E-state index >= 15 is 0 Å². The summed E-state index contributed by atoms with van der Waals surface area (Å²) in [4.78, 5) is 19.6. The normalized spacial score (nSPS) is 18.9. The van der Waals surface area contributed by atoms with Crippen LogP contribution in [0.3, 0.4) is 0 Å². The number of amides is 1. The third-order valence-electron chi connectivity index (χ3n) is 4.86. The molecule has 0 radical (unpaired) electrons. The van der Waals surface area contributed by atoms with Gasteiger partial charge >= 0.3 is 0 Å². The van der Waals surface area contributed by atoms with E-state index in [2.05, 4.69) is 16.3 Å². The molecule has 1 N–H and O–H groups in total. The van der Waals surface area contributed by atoms with Gasteiger partial charge in [0.1, 0.15) is 10.8 Å². The molecule has 1 saturated heterocycles. The molecule has 0 bridgehead atoms. The number of aromatic nitrogens is 1. The second-order valence-electron chi connectivity index (χ2n) is 6.59. The molecule has 26 heavy (non-hydrogen) atoms. The van der Waals surface area contributed by atoms with Crippen molar-refractivity contribution in [2.24, 2.45) is 0 Å². The van der Waals surface area contributed by atoms with Gasteiger partial charge in [0.2, 0.25) is 5.91 Å². The number of benzene rings is 2. The van der Waals surface area contributed by atoms with E-state index in [-0.39, 0.29) is 23.8 Å². The van der Waals surface area contributed by atoms with Crippen LogP contribution in [0, 0.1) is 5.82 Å². The van der Waals surface area contributed by atoms with Crippen LogP contribution >= 0.6 is 11.3 Å². The molecule has 1 amide bonds. The third-order valence-corrected chi connectivity index (χ3v) is 6.00. The zero-order valence-corrected chi connectivity index (χ0v) is 15.3. The number of hydrogen-bond acceptors (Lipinski definition) is 4. The zero-order chi connectivity index (χ0) is 18.1. The number of anilines is 1. The molecule has 1 aliphatic rings. The van der Waals surface area contributed by atoms with Crippen molar-refractivity contribution in [3.05, 3.63) is 59.4 Å². The van der Waals surface area contributed by atoms with Crippen molar-refractivity contribution >= 4 is 33.1 Å². The molecule has 0 saturated carbocycles. The molecule has 1 fully saturated rings. The maximum atomic E-state index is 13.3. The minimum absolute atomic E-state index is 0.122. The second kappa shape index (κ2) is 7.13. The highest BCUT2D eigenvalue weighted by atomic mass is 32.1. The van der Waals surface area contributed by atoms with E-state index < -0.39 is 0 Å². The summed E-state index contributed by atoms with van der Waals surface area (Å²) in [5.74, 6) is -0.479. The number of carbonyl (C=O) groups is 1. The van der Waals surface area contributed by atoms with E-state index in [1.807, 2.05) is 25.1 Å². The lowest BCUT2D eigenvalue weighted by molar-refractivity contribution is -0.121. The summed E-state index contributed by atoms with van der Waals surface area (Å²) < 4.78 is 14.5. The Morgan fingerprint density at radius 2 is 2.15 bits per heavy atom. The molecule has 4 nitrogen and oxygen atoms in total. The number of halogens is 1. The summed E-state index contributed by atoms with van der Waals surface area (Å²) >= 11 is 1.70. The molecule has 6 heteroatoms. The number of nitrogens with zero attached hydrogens (tertiary/aromatic N) is 2. The second-order valence-corrected chi connectivity index (χ2v) is 7.65. The first kappa shape index (κ1) is 17.1. The van der Waals surface area contributed by atoms with E-state index in [0.29, 0.717) is 5.69 Å². The van der Waals surface area contributed by atoms with Crippen LogP contribution in [0.4, 0.5) is 10.1 Å². The molecule has 0 spiro atoms. The fourth-order valence-electron chi connectivity index (χ4n) is 3.51. The molecule has 134 valence electrons. The van der Waals surface area contributed by atoms with Gasteiger partial charge in [-0.2, -0.15) is 0 Å². The SMILES string of the molecule is CC(C(=O)Nc1cccc(F)c1)N1CCCC1c1nc2ccccc2s1. The molecule has 0 aliphatic carbocycles. The molecule has 1 aliphatic heterocycles. The van der Waals surface area contributed by atoms with Crippen molar-refractivity contribution in [3.63, 3.8) is 0 Å². The first-order chi connectivity index (χ1) is 12.6. The lowest BCUT2D eigenvalue weighted by atomic mass is 10.2. The summed E-state index contributed by atoms with van der Waals surface area (Å²) in [5.41, 5.74) is 1.49. The van der Waals surface area contributed by atoms with Crippen LogP contribution < -0.4 is 5.32 Å². The van der Waals surface area contributed by atoms with Gasteiger partial charge in [0.15, 0.2) is 0 Å². The number of carbonyl (C=O) groups excluding carboxylic acids is 1. The Balaban J connectivity index is 1.52. The van der Waals surface area contributed by atoms with Gasteiger partial charge in [-0.05, 0) is 56.6 Å². The summed E-state index contributed by atoms with van der Waals surface area (Å²) in [6.07, 6.45) is 2.04. The molecule has 2 heterocycles. The average molecular weight is 369 g/mol. The van der Waals surface area contributed by atoms with Gasteiger partial charge in [0.25, 0.3) is 0 Å². The van der Waals surface area contributed by atoms with E-state index in [0.717, 1.165) is 29.9 Å². The number of hydrogen-bond donors (Lipinski definition) is 1. The Labute approximate surface area is 155 Å². The number of para-hydroxylation sites is 1. The van der Waals surface area contributed by atoms with Crippen molar-refractivity contribution < 1.29 is 9.18 Å². The number of nitrogens with one attached hydrogen (secondary N) is 1. The summed E-state index contributed by atoms with van der Waals surface area (Å²) in [6.45, 7) is 2.76. The van der Waals surface area contributed by atoms with Gasteiger partial charge in [0, 0.05) is 5.69 Å². The Morgan fingerprint density at radius 1 is 1.31 bits per heavy atom. The van der Waals surface area contributed by atoms with Gasteiger partial charge < -0.3 is 5.32 Å². The topological polar surface area (TPSA) is 45.2 Å². The Bertz CT molecular complexity index is 908. The van der Waals surface area contributed by atoms with Crippen LogP contribution in [-0.2, 0) is 4.79 Å². The van der Waals surface area contributed by atoms with E-state index in [9.17, 15) is 9.18 Å². The first-order valence-corrected chi connectivity index (χ1v) is 9.61. The van der Waals surface area contributed by atoms with E-state index in [4.69, 9.17) is 4.98 Å². The van der Waals surface area contributed by atoms with Gasteiger partial charge in [0.05, 0.1) is 22.3 Å². The number of fused-ring (bicyclic) bond motifs is 1. The van der Waals surface area contributed by atoms with Crippen molar-refractivity contribution in [3.8, 4) is 0 Å². The van der Waals surface area contributed by atoms with Crippen LogP contribution in [0.1, 0.15) is 30.8 Å². The third kappa shape index (κ3) is 3.34. The molecule has 3 aromatic rings. The fraction of sp³-hybridized carbons (Fsp3) is 0.300. The monoisotopic (exact) mass is 369 g/mol. The van der Waals surface area contributed by atoms with Crippen molar-refractivity contribution in [2.75, 3.05) is 11.9 Å². The minimum atomic E-state index is -0.357. The van der Waals surface area contributed by atoms with Crippen molar-refractivity contribution in [2.45, 2.75) is 31.8 Å². The molecular weight excluding hydrogens is 349 g/mol. The Morgan fingerprint density at radius 3 is 2.96 bits per heavy atom. The quantitative estimate of drug-likeness (QED) is 0.731. The maximum absolute atomic E-state index is 13.3. The van der Waals surface area contributed by atoms with Gasteiger partial charge in [-0.15, -0.1) is 11.3 Å². The van der Waals surface area contributed by atoms with Crippen molar-refractivity contribution in [1.29, 1.82) is 0 Å². The highest BCUT2D eigenvalue weighted by Gasteiger charge is 2.34. The van der Waals surface area contributed by atoms with Crippen LogP contribution in [-0.4, -0.2) is 28.4 Å². The summed E-state index contributed by atoms with van der Waals surface area (Å²) in [7, 11) is 0. The van der Waals surface area contributed by atoms with Crippen LogP contribution in [0.5, 0.6) is 0 Å². The standard InChI is InChI=1S/C20H20FN3OS/c1-13(19(25)22-15-7-4-6-14(21)12-15)24-11-5-9-17(24)20-23-16-8-2-3-10-18(16)26-20/h2-4,6-8,10,12-13,17H,5,9,11H2,1H3,(H,22,25). The first-order valence-electron chi connectivity index (χ1n) is 8.79. The molecule has 2 aromatic carbocycles. The Hall–Kier alpha value is -2.31. The number of likely N-dealkylation sites (tertiary alicyclic amines) is 1. The largest absolute Gasteiger partial charge is 0.325 e. The molecule has 2 atom stereocenters. The van der Waals surface area contributed by atoms with Crippen LogP contribution in [0.2, 0.25) is 0 Å². The van der Waals surface area contributed by atoms with Gasteiger partial charge in [-0.25, -0.2) is 9.37 Å². The average Bonchev–Trinajstić information content (AvgIpc) is 3.27. The number of thiazole rings is 1. The lowest BCUT2D eigenvalue weighted by Crippen LogP contribution is -2.41. The van der Waals surface area contributed by atoms with Crippen LogP contribution in [0.25, 0.3) is 10.2 Å². The molecule has 1 aromatic heterocycles. The highest BCUT2D eigenvalue weighted by molar-refractivity contribution is 7.18. The summed E-state index contributed by atoms with van der Waals surface area (Å²) in [6, 6.07) is 13.9. The zero-order valence-electron chi connectivity index (χ0n) is 14.5.